The summed E-state index contributed by atoms with van der Waals surface area (Å²) in [5.41, 5.74) is 17.8. The Labute approximate surface area is 375 Å². The van der Waals surface area contributed by atoms with E-state index in [4.69, 9.17) is 8.83 Å². The van der Waals surface area contributed by atoms with Gasteiger partial charge in [-0.15, -0.1) is 0 Å². The summed E-state index contributed by atoms with van der Waals surface area (Å²) in [4.78, 5) is 4.73. The molecular formula is C60H52N2O2. The third kappa shape index (κ3) is 6.68. The first-order chi connectivity index (χ1) is 31.0. The van der Waals surface area contributed by atoms with E-state index in [1.54, 1.807) is 0 Å². The number of fused-ring (bicyclic) bond motifs is 11. The third-order valence-corrected chi connectivity index (χ3v) is 13.1. The first kappa shape index (κ1) is 39.5. The van der Waals surface area contributed by atoms with Crippen LogP contribution in [0, 0.1) is 27.7 Å². The SMILES string of the molecule is Cc1cc(C)cc(N(c2ccc(C(C)C)cc2)c2ccc3c(ccc4c5ccc6oc7c8ccc(N(c9ccc(C(C)C)cc9)c9cc(C)cc(C)c9)cc8ccc7c6c5oc34)c2)c1. The van der Waals surface area contributed by atoms with Crippen LogP contribution >= 0.6 is 0 Å². The minimum atomic E-state index is 0.466. The fourth-order valence-corrected chi connectivity index (χ4v) is 9.99. The van der Waals surface area contributed by atoms with E-state index in [1.165, 1.54) is 33.4 Å². The van der Waals surface area contributed by atoms with Crippen molar-refractivity contribution >= 4 is 99.5 Å². The van der Waals surface area contributed by atoms with Crippen LogP contribution in [0.15, 0.2) is 167 Å². The lowest BCUT2D eigenvalue weighted by molar-refractivity contribution is 0.666. The van der Waals surface area contributed by atoms with Gasteiger partial charge in [0.05, 0.1) is 5.39 Å². The number of anilines is 6. The lowest BCUT2D eigenvalue weighted by Crippen LogP contribution is -2.10. The quantitative estimate of drug-likeness (QED) is 0.153. The highest BCUT2D eigenvalue weighted by Gasteiger charge is 2.22. The first-order valence-electron chi connectivity index (χ1n) is 22.6. The van der Waals surface area contributed by atoms with Crippen LogP contribution in [0.3, 0.4) is 0 Å². The number of benzene rings is 9. The van der Waals surface area contributed by atoms with Gasteiger partial charge in [0.25, 0.3) is 0 Å². The Kier molecular flexibility index (Phi) is 9.39. The molecule has 0 aliphatic rings. The van der Waals surface area contributed by atoms with Crippen molar-refractivity contribution in [3.63, 3.8) is 0 Å². The maximum absolute atomic E-state index is 7.00. The Morgan fingerprint density at radius 2 is 0.719 bits per heavy atom. The number of furan rings is 2. The van der Waals surface area contributed by atoms with Crippen molar-refractivity contribution in [2.75, 3.05) is 9.80 Å². The molecule has 0 radical (unpaired) electrons. The van der Waals surface area contributed by atoms with E-state index in [2.05, 4.69) is 223 Å². The molecule has 2 heterocycles. The van der Waals surface area contributed by atoms with E-state index in [1.807, 2.05) is 0 Å². The zero-order valence-electron chi connectivity index (χ0n) is 37.9. The molecule has 314 valence electrons. The normalized spacial score (nSPS) is 12.0. The second-order valence-corrected chi connectivity index (χ2v) is 18.6. The van der Waals surface area contributed by atoms with E-state index in [9.17, 15) is 0 Å². The van der Waals surface area contributed by atoms with Crippen LogP contribution < -0.4 is 9.80 Å². The van der Waals surface area contributed by atoms with E-state index < -0.39 is 0 Å². The van der Waals surface area contributed by atoms with Crippen LogP contribution in [0.25, 0.3) is 65.4 Å². The summed E-state index contributed by atoms with van der Waals surface area (Å²) in [6.45, 7) is 17.6. The van der Waals surface area contributed by atoms with Gasteiger partial charge >= 0.3 is 0 Å². The molecule has 0 atom stereocenters. The van der Waals surface area contributed by atoms with Gasteiger partial charge in [0.15, 0.2) is 0 Å². The summed E-state index contributed by atoms with van der Waals surface area (Å²) in [7, 11) is 0. The summed E-state index contributed by atoms with van der Waals surface area (Å²) >= 11 is 0. The smallest absolute Gasteiger partial charge is 0.147 e. The third-order valence-electron chi connectivity index (χ3n) is 13.1. The zero-order valence-corrected chi connectivity index (χ0v) is 37.9. The van der Waals surface area contributed by atoms with Gasteiger partial charge in [0, 0.05) is 61.1 Å². The van der Waals surface area contributed by atoms with Crippen molar-refractivity contribution in [2.45, 2.75) is 67.2 Å². The predicted octanol–water partition coefficient (Wildman–Crippen LogP) is 18.2. The van der Waals surface area contributed by atoms with Crippen molar-refractivity contribution in [3.8, 4) is 0 Å². The van der Waals surface area contributed by atoms with E-state index in [-0.39, 0.29) is 0 Å². The molecule has 0 saturated carbocycles. The molecule has 0 aliphatic heterocycles. The maximum atomic E-state index is 7.00. The fraction of sp³-hybridized carbons (Fsp3) is 0.167. The second-order valence-electron chi connectivity index (χ2n) is 18.6. The molecule has 11 rings (SSSR count). The average molecular weight is 833 g/mol. The lowest BCUT2D eigenvalue weighted by atomic mass is 10.0. The van der Waals surface area contributed by atoms with Crippen molar-refractivity contribution < 1.29 is 8.83 Å². The molecule has 0 aliphatic carbocycles. The lowest BCUT2D eigenvalue weighted by Gasteiger charge is -2.27. The Balaban J connectivity index is 1.03. The highest BCUT2D eigenvalue weighted by molar-refractivity contribution is 6.27. The Bertz CT molecular complexity index is 3570. The maximum Gasteiger partial charge on any atom is 0.147 e. The molecule has 0 bridgehead atoms. The van der Waals surface area contributed by atoms with Gasteiger partial charge < -0.3 is 18.6 Å². The summed E-state index contributed by atoms with van der Waals surface area (Å²) in [5, 5.41) is 8.63. The van der Waals surface area contributed by atoms with Crippen LogP contribution in [-0.2, 0) is 0 Å². The van der Waals surface area contributed by atoms with Gasteiger partial charge in [0.2, 0.25) is 0 Å². The van der Waals surface area contributed by atoms with Gasteiger partial charge in [0.1, 0.15) is 22.3 Å². The second kappa shape index (κ2) is 15.2. The summed E-state index contributed by atoms with van der Waals surface area (Å²) in [6, 6.07) is 58.2. The average Bonchev–Trinajstić information content (AvgIpc) is 3.85. The Morgan fingerprint density at radius 1 is 0.328 bits per heavy atom. The number of nitrogens with zero attached hydrogens (tertiary/aromatic N) is 2. The number of hydrogen-bond acceptors (Lipinski definition) is 4. The molecule has 11 aromatic rings. The van der Waals surface area contributed by atoms with Crippen LogP contribution in [0.2, 0.25) is 0 Å². The van der Waals surface area contributed by atoms with E-state index in [0.29, 0.717) is 11.8 Å². The monoisotopic (exact) mass is 832 g/mol. The molecule has 0 fully saturated rings. The van der Waals surface area contributed by atoms with E-state index >= 15 is 0 Å². The largest absolute Gasteiger partial charge is 0.455 e. The molecule has 4 nitrogen and oxygen atoms in total. The fourth-order valence-electron chi connectivity index (χ4n) is 9.99. The van der Waals surface area contributed by atoms with Crippen molar-refractivity contribution in [1.29, 1.82) is 0 Å². The Hall–Kier alpha value is -7.30. The van der Waals surface area contributed by atoms with Crippen molar-refractivity contribution in [3.05, 3.63) is 191 Å². The highest BCUT2D eigenvalue weighted by Crippen LogP contribution is 2.45. The van der Waals surface area contributed by atoms with Gasteiger partial charge in [-0.2, -0.15) is 0 Å². The predicted molar refractivity (Wildman–Crippen MR) is 273 cm³/mol. The molecule has 0 spiro atoms. The molecule has 64 heavy (non-hydrogen) atoms. The van der Waals surface area contributed by atoms with Crippen molar-refractivity contribution in [1.82, 2.24) is 0 Å². The summed E-state index contributed by atoms with van der Waals surface area (Å²) in [5.74, 6) is 0.933. The van der Waals surface area contributed by atoms with Gasteiger partial charge in [-0.25, -0.2) is 0 Å². The first-order valence-corrected chi connectivity index (χ1v) is 22.6. The van der Waals surface area contributed by atoms with Crippen LogP contribution in [0.5, 0.6) is 0 Å². The molecule has 4 heteroatoms. The van der Waals surface area contributed by atoms with Gasteiger partial charge in [-0.1, -0.05) is 76.2 Å². The molecular weight excluding hydrogens is 781 g/mol. The highest BCUT2D eigenvalue weighted by atomic mass is 16.3. The van der Waals surface area contributed by atoms with E-state index in [0.717, 1.165) is 99.5 Å². The standard InChI is InChI=1S/C60H52N2O2/c1-35(2)41-9-15-45(16-10-41)61(49-29-37(5)27-38(6)30-49)47-19-23-51-43(33-47)13-21-53-54-25-26-56-57(60(54)64-58(51)53)55-22-14-44-34-48(20-24-52(44)59(55)63-56)62(50-31-39(7)28-40(8)32-50)46-17-11-42(12-18-46)36(3)4/h9-36H,1-8H3. The van der Waals surface area contributed by atoms with Gasteiger partial charge in [-0.05, 0) is 193 Å². The number of aryl methyl sites for hydroxylation is 4. The van der Waals surface area contributed by atoms with Crippen molar-refractivity contribution in [2.24, 2.45) is 0 Å². The van der Waals surface area contributed by atoms with Crippen LogP contribution in [0.4, 0.5) is 34.1 Å². The minimum Gasteiger partial charge on any atom is -0.455 e. The summed E-state index contributed by atoms with van der Waals surface area (Å²) < 4.78 is 13.8. The molecule has 0 amide bonds. The van der Waals surface area contributed by atoms with Crippen LogP contribution in [0.1, 0.15) is 72.9 Å². The molecule has 0 saturated heterocycles. The molecule has 0 unspecified atom stereocenters. The number of hydrogen-bond donors (Lipinski definition) is 0. The van der Waals surface area contributed by atoms with Crippen LogP contribution in [-0.4, -0.2) is 0 Å². The Morgan fingerprint density at radius 3 is 1.19 bits per heavy atom. The molecule has 0 N–H and O–H groups in total. The minimum absolute atomic E-state index is 0.466. The topological polar surface area (TPSA) is 32.8 Å². The van der Waals surface area contributed by atoms with Gasteiger partial charge in [-0.3, -0.25) is 0 Å². The summed E-state index contributed by atoms with van der Waals surface area (Å²) in [6.07, 6.45) is 0. The molecule has 2 aromatic heterocycles. The zero-order chi connectivity index (χ0) is 44.0. The number of rotatable bonds is 8. The molecule has 9 aromatic carbocycles.